The molecule has 31 heavy (non-hydrogen) atoms. The average molecular weight is 444 g/mol. The summed E-state index contributed by atoms with van der Waals surface area (Å²) in [5, 5.41) is 44.1. The number of benzene rings is 2. The lowest BCUT2D eigenvalue weighted by atomic mass is 10.2. The lowest BCUT2D eigenvalue weighted by Crippen LogP contribution is -1.99. The van der Waals surface area contributed by atoms with Gasteiger partial charge in [-0.25, -0.2) is 4.98 Å². The van der Waals surface area contributed by atoms with Gasteiger partial charge < -0.3 is 0 Å². The lowest BCUT2D eigenvalue weighted by Gasteiger charge is -2.03. The van der Waals surface area contributed by atoms with Gasteiger partial charge in [0.1, 0.15) is 11.5 Å². The molecule has 2 N–H and O–H groups in total. The van der Waals surface area contributed by atoms with Crippen LogP contribution in [0.4, 0.5) is 22.7 Å². The molecule has 0 saturated carbocycles. The number of aromatic nitrogens is 3. The van der Waals surface area contributed by atoms with Crippen LogP contribution in [-0.2, 0) is 0 Å². The first-order valence-corrected chi connectivity index (χ1v) is 9.13. The van der Waals surface area contributed by atoms with Crippen molar-refractivity contribution in [3.05, 3.63) is 78.1 Å². The minimum Gasteiger partial charge on any atom is -0.272 e. The highest BCUT2D eigenvalue weighted by Gasteiger charge is 2.20. The summed E-state index contributed by atoms with van der Waals surface area (Å²) in [4.78, 5) is 35.7. The molecule has 3 aromatic rings. The van der Waals surface area contributed by atoms with Gasteiger partial charge in [0.2, 0.25) is 5.16 Å². The van der Waals surface area contributed by atoms with Crippen LogP contribution in [0.1, 0.15) is 11.4 Å². The van der Waals surface area contributed by atoms with Crippen LogP contribution in [0.3, 0.4) is 0 Å². The average Bonchev–Trinajstić information content (AvgIpc) is 3.13. The Hall–Kier alpha value is -4.40. The van der Waals surface area contributed by atoms with Gasteiger partial charge in [-0.1, -0.05) is 6.07 Å². The molecule has 3 rings (SSSR count). The molecule has 0 fully saturated rings. The monoisotopic (exact) mass is 444 g/mol. The third kappa shape index (κ3) is 5.15. The van der Waals surface area contributed by atoms with Gasteiger partial charge in [0.05, 0.1) is 31.9 Å². The zero-order valence-corrected chi connectivity index (χ0v) is 16.4. The van der Waals surface area contributed by atoms with Crippen molar-refractivity contribution in [2.75, 3.05) is 5.43 Å². The number of anilines is 1. The highest BCUT2D eigenvalue weighted by Crippen LogP contribution is 2.33. The fraction of sp³-hybridized carbons (Fsp3) is 0.0625. The van der Waals surface area contributed by atoms with Gasteiger partial charge >= 0.3 is 5.69 Å². The Bertz CT molecular complexity index is 1210. The van der Waals surface area contributed by atoms with E-state index in [0.717, 1.165) is 30.0 Å². The molecule has 1 heterocycles. The maximum atomic E-state index is 11.4. The second-order valence-electron chi connectivity index (χ2n) is 5.88. The van der Waals surface area contributed by atoms with Gasteiger partial charge in [-0.05, 0) is 30.8 Å². The molecular weight excluding hydrogens is 432 g/mol. The number of nitro groups is 3. The summed E-state index contributed by atoms with van der Waals surface area (Å²) in [6.45, 7) is 1.70. The van der Waals surface area contributed by atoms with Gasteiger partial charge in [-0.15, -0.1) is 5.10 Å². The fourth-order valence-electron chi connectivity index (χ4n) is 2.37. The highest BCUT2D eigenvalue weighted by atomic mass is 32.2. The Balaban J connectivity index is 1.81. The van der Waals surface area contributed by atoms with Crippen molar-refractivity contribution in [3.63, 3.8) is 0 Å². The number of hydrogen-bond acceptors (Lipinski definition) is 11. The molecule has 0 amide bonds. The topological polar surface area (TPSA) is 195 Å². The Morgan fingerprint density at radius 1 is 1.03 bits per heavy atom. The van der Waals surface area contributed by atoms with Crippen molar-refractivity contribution in [2.45, 2.75) is 17.0 Å². The molecule has 0 saturated heterocycles. The minimum atomic E-state index is -0.785. The van der Waals surface area contributed by atoms with E-state index < -0.39 is 26.1 Å². The molecule has 1 aromatic heterocycles. The van der Waals surface area contributed by atoms with Gasteiger partial charge in [0.15, 0.2) is 0 Å². The highest BCUT2D eigenvalue weighted by molar-refractivity contribution is 7.99. The zero-order chi connectivity index (χ0) is 22.5. The Kier molecular flexibility index (Phi) is 6.15. The Morgan fingerprint density at radius 2 is 1.77 bits per heavy atom. The molecule has 0 aliphatic heterocycles. The first kappa shape index (κ1) is 21.3. The second kappa shape index (κ2) is 8.95. The molecule has 158 valence electrons. The molecule has 0 unspecified atom stereocenters. The molecule has 15 heteroatoms. The van der Waals surface area contributed by atoms with Gasteiger partial charge in [-0.2, -0.15) is 5.10 Å². The van der Waals surface area contributed by atoms with Crippen LogP contribution in [0.5, 0.6) is 0 Å². The van der Waals surface area contributed by atoms with Crippen LogP contribution in [-0.4, -0.2) is 36.2 Å². The summed E-state index contributed by atoms with van der Waals surface area (Å²) in [7, 11) is 0. The van der Waals surface area contributed by atoms with Crippen LogP contribution in [0.15, 0.2) is 51.6 Å². The predicted molar refractivity (Wildman–Crippen MR) is 109 cm³/mol. The van der Waals surface area contributed by atoms with Crippen molar-refractivity contribution in [1.29, 1.82) is 0 Å². The fourth-order valence-corrected chi connectivity index (χ4v) is 3.21. The summed E-state index contributed by atoms with van der Waals surface area (Å²) in [6, 6.07) is 7.38. The maximum absolute atomic E-state index is 11.4. The largest absolute Gasteiger partial charge is 0.301 e. The quantitative estimate of drug-likeness (QED) is 0.295. The van der Waals surface area contributed by atoms with E-state index in [-0.39, 0.29) is 11.4 Å². The molecule has 14 nitrogen and oxygen atoms in total. The number of nitro benzene ring substituents is 3. The number of hydrogen-bond donors (Lipinski definition) is 2. The normalized spacial score (nSPS) is 10.9. The van der Waals surface area contributed by atoms with Crippen molar-refractivity contribution in [3.8, 4) is 0 Å². The molecule has 0 atom stereocenters. The molecule has 0 radical (unpaired) electrons. The van der Waals surface area contributed by atoms with E-state index in [9.17, 15) is 30.3 Å². The Labute approximate surface area is 176 Å². The van der Waals surface area contributed by atoms with Crippen molar-refractivity contribution < 1.29 is 14.8 Å². The van der Waals surface area contributed by atoms with E-state index in [1.807, 2.05) is 0 Å². The smallest absolute Gasteiger partial charge is 0.272 e. The van der Waals surface area contributed by atoms with E-state index >= 15 is 0 Å². The van der Waals surface area contributed by atoms with Crippen LogP contribution in [0.2, 0.25) is 0 Å². The van der Waals surface area contributed by atoms with Crippen LogP contribution in [0, 0.1) is 37.3 Å². The maximum Gasteiger partial charge on any atom is 0.301 e. The summed E-state index contributed by atoms with van der Waals surface area (Å²) >= 11 is 1.02. The zero-order valence-electron chi connectivity index (χ0n) is 15.6. The SMILES string of the molecule is Cc1nc(Sc2ccc(/C=N\Nc3ccc([N+](=O)[O-])cc3[N+](=O)[O-])cc2[N+](=O)[O-])n[nH]1. The number of aryl methyl sites for hydroxylation is 1. The van der Waals surface area contributed by atoms with E-state index in [0.29, 0.717) is 21.4 Å². The van der Waals surface area contributed by atoms with Gasteiger partial charge in [0, 0.05) is 17.7 Å². The minimum absolute atomic E-state index is 0.0755. The molecule has 2 aromatic carbocycles. The third-order valence-electron chi connectivity index (χ3n) is 3.75. The van der Waals surface area contributed by atoms with Crippen LogP contribution in [0.25, 0.3) is 0 Å². The first-order chi connectivity index (χ1) is 14.7. The lowest BCUT2D eigenvalue weighted by molar-refractivity contribution is -0.393. The number of hydrazone groups is 1. The van der Waals surface area contributed by atoms with Gasteiger partial charge in [-0.3, -0.25) is 40.9 Å². The molecule has 0 aliphatic rings. The van der Waals surface area contributed by atoms with Crippen molar-refractivity contribution >= 4 is 40.7 Å². The number of nitrogens with zero attached hydrogens (tertiary/aromatic N) is 6. The van der Waals surface area contributed by atoms with Crippen LogP contribution >= 0.6 is 11.8 Å². The van der Waals surface area contributed by atoms with Gasteiger partial charge in [0.25, 0.3) is 11.4 Å². The molecule has 0 aliphatic carbocycles. The van der Waals surface area contributed by atoms with Crippen molar-refractivity contribution in [2.24, 2.45) is 5.10 Å². The summed E-state index contributed by atoms with van der Waals surface area (Å²) in [6.07, 6.45) is 1.23. The number of rotatable bonds is 8. The molecular formula is C16H12N8O6S. The predicted octanol–water partition coefficient (Wildman–Crippen LogP) is 3.43. The van der Waals surface area contributed by atoms with E-state index in [4.69, 9.17) is 0 Å². The number of nitrogens with one attached hydrogen (secondary N) is 2. The number of H-pyrrole nitrogens is 1. The molecule has 0 bridgehead atoms. The number of non-ortho nitro benzene ring substituents is 1. The van der Waals surface area contributed by atoms with E-state index in [1.165, 1.54) is 18.3 Å². The van der Waals surface area contributed by atoms with E-state index in [1.54, 1.807) is 13.0 Å². The Morgan fingerprint density at radius 3 is 2.39 bits per heavy atom. The second-order valence-corrected chi connectivity index (χ2v) is 6.88. The van der Waals surface area contributed by atoms with Crippen molar-refractivity contribution in [1.82, 2.24) is 15.2 Å². The summed E-state index contributed by atoms with van der Waals surface area (Å²) in [5.74, 6) is 0.570. The standard InChI is InChI=1S/C16H12N8O6S/c1-9-18-16(21-19-9)31-15-5-2-10(6-14(15)24(29)30)8-17-20-12-4-3-11(22(25)26)7-13(12)23(27)28/h2-8,20H,1H3,(H,18,19,21)/b17-8-. The first-order valence-electron chi connectivity index (χ1n) is 8.32. The molecule has 0 spiro atoms. The number of aromatic amines is 1. The summed E-state index contributed by atoms with van der Waals surface area (Å²) in [5.41, 5.74) is 1.52. The third-order valence-corrected chi connectivity index (χ3v) is 4.68. The summed E-state index contributed by atoms with van der Waals surface area (Å²) < 4.78 is 0. The van der Waals surface area contributed by atoms with E-state index in [2.05, 4.69) is 25.7 Å². The van der Waals surface area contributed by atoms with Crippen LogP contribution < -0.4 is 5.43 Å².